The van der Waals surface area contributed by atoms with E-state index in [2.05, 4.69) is 17.5 Å². The number of ether oxygens (including phenoxy) is 1. The number of hydrogen-bond donors (Lipinski definition) is 1. The second-order valence-electron chi connectivity index (χ2n) is 5.54. The second-order valence-corrected chi connectivity index (χ2v) is 5.54. The quantitative estimate of drug-likeness (QED) is 0.422. The van der Waals surface area contributed by atoms with Crippen molar-refractivity contribution in [2.45, 2.75) is 32.6 Å². The van der Waals surface area contributed by atoms with Crippen LogP contribution in [-0.4, -0.2) is 18.7 Å². The molecule has 0 atom stereocenters. The molecule has 0 saturated heterocycles. The lowest BCUT2D eigenvalue weighted by molar-refractivity contribution is 0.0955. The molecule has 0 radical (unpaired) electrons. The van der Waals surface area contributed by atoms with Crippen LogP contribution in [0.5, 0.6) is 5.75 Å². The van der Waals surface area contributed by atoms with Crippen molar-refractivity contribution in [3.63, 3.8) is 0 Å². The maximum Gasteiger partial charge on any atom is 0.271 e. The van der Waals surface area contributed by atoms with Gasteiger partial charge in [-0.15, -0.1) is 0 Å². The van der Waals surface area contributed by atoms with Gasteiger partial charge in [0.05, 0.1) is 12.8 Å². The van der Waals surface area contributed by atoms with Crippen LogP contribution in [-0.2, 0) is 0 Å². The molecule has 0 aliphatic rings. The SMILES string of the molecule is CCCCCCOc1ccc(C=NNC(=O)c2ccccc2)cc1. The Balaban J connectivity index is 1.76. The molecule has 1 N–H and O–H groups in total. The van der Waals surface area contributed by atoms with Gasteiger partial charge in [-0.25, -0.2) is 5.43 Å². The van der Waals surface area contributed by atoms with E-state index >= 15 is 0 Å². The number of carbonyl (C=O) groups is 1. The van der Waals surface area contributed by atoms with Gasteiger partial charge in [0.1, 0.15) is 5.75 Å². The highest BCUT2D eigenvalue weighted by molar-refractivity contribution is 5.94. The van der Waals surface area contributed by atoms with Crippen LogP contribution in [0.15, 0.2) is 59.7 Å². The van der Waals surface area contributed by atoms with Crippen molar-refractivity contribution < 1.29 is 9.53 Å². The van der Waals surface area contributed by atoms with Gasteiger partial charge < -0.3 is 4.74 Å². The fraction of sp³-hybridized carbons (Fsp3) is 0.300. The Labute approximate surface area is 143 Å². The first-order valence-corrected chi connectivity index (χ1v) is 8.41. The summed E-state index contributed by atoms with van der Waals surface area (Å²) in [4.78, 5) is 11.8. The third-order valence-electron chi connectivity index (χ3n) is 3.56. The first-order chi connectivity index (χ1) is 11.8. The van der Waals surface area contributed by atoms with Crippen molar-refractivity contribution in [3.8, 4) is 5.75 Å². The van der Waals surface area contributed by atoms with E-state index in [0.717, 1.165) is 24.3 Å². The predicted octanol–water partition coefficient (Wildman–Crippen LogP) is 4.41. The molecule has 0 aromatic heterocycles. The predicted molar refractivity (Wildman–Crippen MR) is 97.6 cm³/mol. The molecular weight excluding hydrogens is 300 g/mol. The standard InChI is InChI=1S/C20H24N2O2/c1-2-3-4-8-15-24-19-13-11-17(12-14-19)16-21-22-20(23)18-9-6-5-7-10-18/h5-7,9-14,16H,2-4,8,15H2,1H3,(H,22,23). The van der Waals surface area contributed by atoms with Gasteiger partial charge in [-0.3, -0.25) is 4.79 Å². The van der Waals surface area contributed by atoms with Crippen molar-refractivity contribution in [3.05, 3.63) is 65.7 Å². The Hall–Kier alpha value is -2.62. The lowest BCUT2D eigenvalue weighted by Gasteiger charge is -2.06. The number of benzene rings is 2. The lowest BCUT2D eigenvalue weighted by atomic mass is 10.2. The molecule has 0 bridgehead atoms. The van der Waals surface area contributed by atoms with E-state index in [-0.39, 0.29) is 5.91 Å². The Bertz CT molecular complexity index is 636. The number of hydrazone groups is 1. The van der Waals surface area contributed by atoms with Gasteiger partial charge >= 0.3 is 0 Å². The summed E-state index contributed by atoms with van der Waals surface area (Å²) in [7, 11) is 0. The van der Waals surface area contributed by atoms with Gasteiger partial charge in [-0.05, 0) is 48.4 Å². The first kappa shape index (κ1) is 17.7. The second kappa shape index (κ2) is 10.2. The van der Waals surface area contributed by atoms with Crippen LogP contribution in [0, 0.1) is 0 Å². The highest BCUT2D eigenvalue weighted by Gasteiger charge is 2.01. The van der Waals surface area contributed by atoms with Gasteiger partial charge in [-0.1, -0.05) is 44.4 Å². The molecule has 0 unspecified atom stereocenters. The summed E-state index contributed by atoms with van der Waals surface area (Å²) in [5, 5.41) is 3.98. The van der Waals surface area contributed by atoms with Crippen LogP contribution in [0.25, 0.3) is 0 Å². The molecule has 0 aliphatic heterocycles. The summed E-state index contributed by atoms with van der Waals surface area (Å²) in [6.07, 6.45) is 6.40. The fourth-order valence-corrected chi connectivity index (χ4v) is 2.19. The molecule has 2 rings (SSSR count). The lowest BCUT2D eigenvalue weighted by Crippen LogP contribution is -2.17. The van der Waals surface area contributed by atoms with Crippen LogP contribution in [0.3, 0.4) is 0 Å². The minimum Gasteiger partial charge on any atom is -0.494 e. The Morgan fingerprint density at radius 1 is 1.04 bits per heavy atom. The molecule has 126 valence electrons. The highest BCUT2D eigenvalue weighted by Crippen LogP contribution is 2.12. The van der Waals surface area contributed by atoms with Gasteiger partial charge in [-0.2, -0.15) is 5.10 Å². The summed E-state index contributed by atoms with van der Waals surface area (Å²) in [5.74, 6) is 0.635. The van der Waals surface area contributed by atoms with Gasteiger partial charge in [0.15, 0.2) is 0 Å². The number of nitrogens with zero attached hydrogens (tertiary/aromatic N) is 1. The van der Waals surface area contributed by atoms with Crippen LogP contribution in [0.2, 0.25) is 0 Å². The topological polar surface area (TPSA) is 50.7 Å². The van der Waals surface area contributed by atoms with Crippen molar-refractivity contribution in [1.82, 2.24) is 5.43 Å². The van der Waals surface area contributed by atoms with E-state index in [1.807, 2.05) is 42.5 Å². The van der Waals surface area contributed by atoms with Crippen LogP contribution in [0.1, 0.15) is 48.5 Å². The largest absolute Gasteiger partial charge is 0.494 e. The minimum atomic E-state index is -0.223. The first-order valence-electron chi connectivity index (χ1n) is 8.41. The monoisotopic (exact) mass is 324 g/mol. The van der Waals surface area contributed by atoms with Crippen molar-refractivity contribution in [2.24, 2.45) is 5.10 Å². The number of nitrogens with one attached hydrogen (secondary N) is 1. The molecule has 4 nitrogen and oxygen atoms in total. The molecule has 2 aromatic carbocycles. The normalized spacial score (nSPS) is 10.7. The average molecular weight is 324 g/mol. The van der Waals surface area contributed by atoms with Crippen molar-refractivity contribution in [1.29, 1.82) is 0 Å². The molecule has 2 aromatic rings. The summed E-state index contributed by atoms with van der Waals surface area (Å²) < 4.78 is 5.69. The van der Waals surface area contributed by atoms with E-state index < -0.39 is 0 Å². The van der Waals surface area contributed by atoms with E-state index in [1.165, 1.54) is 19.3 Å². The number of unbranched alkanes of at least 4 members (excludes halogenated alkanes) is 3. The van der Waals surface area contributed by atoms with Crippen LogP contribution in [0.4, 0.5) is 0 Å². The zero-order valence-electron chi connectivity index (χ0n) is 14.1. The molecule has 0 fully saturated rings. The molecule has 0 aliphatic carbocycles. The average Bonchev–Trinajstić information content (AvgIpc) is 2.63. The van der Waals surface area contributed by atoms with Crippen molar-refractivity contribution >= 4 is 12.1 Å². The zero-order chi connectivity index (χ0) is 17.0. The van der Waals surface area contributed by atoms with E-state index in [9.17, 15) is 4.79 Å². The molecule has 4 heteroatoms. The zero-order valence-corrected chi connectivity index (χ0v) is 14.1. The molecule has 24 heavy (non-hydrogen) atoms. The summed E-state index contributed by atoms with van der Waals surface area (Å²) in [5.41, 5.74) is 4.00. The molecule has 0 spiro atoms. The van der Waals surface area contributed by atoms with Crippen LogP contribution >= 0.6 is 0 Å². The summed E-state index contributed by atoms with van der Waals surface area (Å²) in [6.45, 7) is 2.95. The smallest absolute Gasteiger partial charge is 0.271 e. The van der Waals surface area contributed by atoms with Crippen LogP contribution < -0.4 is 10.2 Å². The summed E-state index contributed by atoms with van der Waals surface area (Å²) in [6, 6.07) is 16.7. The number of rotatable bonds is 9. The molecule has 0 heterocycles. The third kappa shape index (κ3) is 6.24. The van der Waals surface area contributed by atoms with E-state index in [4.69, 9.17) is 4.74 Å². The van der Waals surface area contributed by atoms with Gasteiger partial charge in [0, 0.05) is 5.56 Å². The Morgan fingerprint density at radius 3 is 2.50 bits per heavy atom. The number of amides is 1. The van der Waals surface area contributed by atoms with Crippen molar-refractivity contribution in [2.75, 3.05) is 6.61 Å². The maximum atomic E-state index is 11.8. The van der Waals surface area contributed by atoms with Gasteiger partial charge in [0.2, 0.25) is 0 Å². The maximum absolute atomic E-state index is 11.8. The van der Waals surface area contributed by atoms with E-state index in [1.54, 1.807) is 18.3 Å². The minimum absolute atomic E-state index is 0.223. The number of hydrogen-bond acceptors (Lipinski definition) is 3. The Kier molecular flexibility index (Phi) is 7.54. The highest BCUT2D eigenvalue weighted by atomic mass is 16.5. The van der Waals surface area contributed by atoms with Gasteiger partial charge in [0.25, 0.3) is 5.91 Å². The molecule has 1 amide bonds. The third-order valence-corrected chi connectivity index (χ3v) is 3.56. The Morgan fingerprint density at radius 2 is 1.79 bits per heavy atom. The number of carbonyl (C=O) groups excluding carboxylic acids is 1. The summed E-state index contributed by atoms with van der Waals surface area (Å²) >= 11 is 0. The molecule has 0 saturated carbocycles. The fourth-order valence-electron chi connectivity index (χ4n) is 2.19. The van der Waals surface area contributed by atoms with E-state index in [0.29, 0.717) is 5.56 Å². The molecular formula is C20H24N2O2.